The van der Waals surface area contributed by atoms with E-state index in [0.717, 1.165) is 0 Å². The second-order valence-electron chi connectivity index (χ2n) is 4.92. The molecule has 0 fully saturated rings. The molecule has 0 aromatic heterocycles. The Hall–Kier alpha value is -3.05. The Morgan fingerprint density at radius 1 is 1.27 bits per heavy atom. The van der Waals surface area contributed by atoms with E-state index in [4.69, 9.17) is 18.9 Å². The molecule has 0 saturated heterocycles. The zero-order valence-electron chi connectivity index (χ0n) is 15.0. The molecule has 0 aliphatic rings. The molecule has 0 unspecified atom stereocenters. The molecule has 0 aliphatic carbocycles. The Morgan fingerprint density at radius 2 is 2.04 bits per heavy atom. The van der Waals surface area contributed by atoms with Gasteiger partial charge in [-0.25, -0.2) is 4.79 Å². The van der Waals surface area contributed by atoms with Gasteiger partial charge in [0.05, 0.1) is 20.3 Å². The molecule has 0 saturated carbocycles. The normalized spacial score (nSPS) is 10.6. The summed E-state index contributed by atoms with van der Waals surface area (Å²) in [5.41, 5.74) is 0.520. The average Bonchev–Trinajstić information content (AvgIpc) is 2.65. The molecule has 1 N–H and O–H groups in total. The predicted octanol–water partition coefficient (Wildman–Crippen LogP) is 1.31. The second-order valence-corrected chi connectivity index (χ2v) is 4.92. The van der Waals surface area contributed by atoms with E-state index in [1.165, 1.54) is 20.3 Å². The number of nitriles is 1. The first-order valence-electron chi connectivity index (χ1n) is 7.91. The van der Waals surface area contributed by atoms with E-state index in [2.05, 4.69) is 5.32 Å². The first kappa shape index (κ1) is 21.0. The fraction of sp³-hybridized carbons (Fsp3) is 0.389. The van der Waals surface area contributed by atoms with Crippen molar-refractivity contribution in [1.82, 2.24) is 5.32 Å². The largest absolute Gasteiger partial charge is 0.493 e. The summed E-state index contributed by atoms with van der Waals surface area (Å²) < 4.78 is 20.2. The van der Waals surface area contributed by atoms with Gasteiger partial charge >= 0.3 is 5.97 Å². The van der Waals surface area contributed by atoms with Crippen LogP contribution in [0.4, 0.5) is 0 Å². The van der Waals surface area contributed by atoms with Gasteiger partial charge in [0.15, 0.2) is 18.1 Å². The minimum Gasteiger partial charge on any atom is -0.493 e. The third-order valence-corrected chi connectivity index (χ3v) is 3.11. The van der Waals surface area contributed by atoms with Crippen LogP contribution in [0.3, 0.4) is 0 Å². The molecular weight excluding hydrogens is 340 g/mol. The summed E-state index contributed by atoms with van der Waals surface area (Å²) in [4.78, 5) is 23.3. The van der Waals surface area contributed by atoms with Gasteiger partial charge in [0.2, 0.25) is 0 Å². The molecule has 8 nitrogen and oxygen atoms in total. The number of carbonyl (C=O) groups excluding carboxylic acids is 2. The van der Waals surface area contributed by atoms with Crippen LogP contribution >= 0.6 is 0 Å². The lowest BCUT2D eigenvalue weighted by molar-refractivity contribution is -0.145. The summed E-state index contributed by atoms with van der Waals surface area (Å²) in [5.74, 6) is -0.273. The Kier molecular flexibility index (Phi) is 9.28. The molecule has 0 atom stereocenters. The number of carbonyl (C=O) groups is 2. The molecule has 0 spiro atoms. The number of nitrogens with zero attached hydrogens (tertiary/aromatic N) is 1. The summed E-state index contributed by atoms with van der Waals surface area (Å²) >= 11 is 0. The van der Waals surface area contributed by atoms with E-state index >= 15 is 0 Å². The van der Waals surface area contributed by atoms with Crippen molar-refractivity contribution in [3.63, 3.8) is 0 Å². The van der Waals surface area contributed by atoms with Crippen LogP contribution in [0.5, 0.6) is 11.5 Å². The van der Waals surface area contributed by atoms with E-state index < -0.39 is 11.9 Å². The van der Waals surface area contributed by atoms with Crippen molar-refractivity contribution in [1.29, 1.82) is 5.26 Å². The van der Waals surface area contributed by atoms with Crippen molar-refractivity contribution in [2.24, 2.45) is 0 Å². The van der Waals surface area contributed by atoms with Crippen molar-refractivity contribution in [3.8, 4) is 17.6 Å². The number of benzene rings is 1. The van der Waals surface area contributed by atoms with Gasteiger partial charge < -0.3 is 24.3 Å². The van der Waals surface area contributed by atoms with Gasteiger partial charge in [0.1, 0.15) is 11.6 Å². The highest BCUT2D eigenvalue weighted by Crippen LogP contribution is 2.29. The monoisotopic (exact) mass is 362 g/mol. The van der Waals surface area contributed by atoms with Crippen molar-refractivity contribution in [3.05, 3.63) is 29.3 Å². The number of ether oxygens (including phenoxy) is 4. The average molecular weight is 362 g/mol. The number of hydrogen-bond donors (Lipinski definition) is 1. The van der Waals surface area contributed by atoms with E-state index in [0.29, 0.717) is 30.2 Å². The lowest BCUT2D eigenvalue weighted by atomic mass is 10.1. The number of rotatable bonds is 10. The molecule has 0 radical (unpaired) electrons. The molecular formula is C18H22N2O6. The second kappa shape index (κ2) is 11.5. The van der Waals surface area contributed by atoms with Crippen LogP contribution in [0, 0.1) is 11.3 Å². The third-order valence-electron chi connectivity index (χ3n) is 3.11. The molecule has 26 heavy (non-hydrogen) atoms. The number of amides is 1. The standard InChI is InChI=1S/C18H22N2O6/c1-4-25-17(21)12-26-15-6-5-13(10-16(15)24-3)9-14(11-19)18(22)20-7-8-23-2/h5-6,9-10H,4,7-8,12H2,1-3H3,(H,20,22)/b14-9+. The lowest BCUT2D eigenvalue weighted by Gasteiger charge is -2.11. The maximum atomic E-state index is 11.9. The summed E-state index contributed by atoms with van der Waals surface area (Å²) in [5, 5.41) is 11.8. The van der Waals surface area contributed by atoms with Crippen LogP contribution in [0.1, 0.15) is 12.5 Å². The van der Waals surface area contributed by atoms with Gasteiger partial charge in [0.25, 0.3) is 5.91 Å². The molecule has 140 valence electrons. The molecule has 1 aromatic rings. The topological polar surface area (TPSA) is 107 Å². The van der Waals surface area contributed by atoms with E-state index in [-0.39, 0.29) is 18.8 Å². The molecule has 0 heterocycles. The zero-order chi connectivity index (χ0) is 19.4. The van der Waals surface area contributed by atoms with Gasteiger partial charge in [-0.2, -0.15) is 5.26 Å². The first-order chi connectivity index (χ1) is 12.5. The summed E-state index contributed by atoms with van der Waals surface area (Å²) in [6.45, 7) is 2.39. The van der Waals surface area contributed by atoms with E-state index in [9.17, 15) is 14.9 Å². The maximum absolute atomic E-state index is 11.9. The SMILES string of the molecule is CCOC(=O)COc1ccc(/C=C(\C#N)C(=O)NCCOC)cc1OC. The summed E-state index contributed by atoms with van der Waals surface area (Å²) in [6.07, 6.45) is 1.43. The number of methoxy groups -OCH3 is 2. The quantitative estimate of drug-likeness (QED) is 0.289. The molecule has 0 aliphatic heterocycles. The highest BCUT2D eigenvalue weighted by atomic mass is 16.6. The van der Waals surface area contributed by atoms with Gasteiger partial charge in [-0.3, -0.25) is 4.79 Å². The Bertz CT molecular complexity index is 693. The maximum Gasteiger partial charge on any atom is 0.344 e. The Labute approximate surface area is 152 Å². The van der Waals surface area contributed by atoms with Gasteiger partial charge in [0, 0.05) is 13.7 Å². The van der Waals surface area contributed by atoms with Crippen molar-refractivity contribution in [2.45, 2.75) is 6.92 Å². The summed E-state index contributed by atoms with van der Waals surface area (Å²) in [7, 11) is 2.97. The predicted molar refractivity (Wildman–Crippen MR) is 93.6 cm³/mol. The van der Waals surface area contributed by atoms with Crippen LogP contribution < -0.4 is 14.8 Å². The Balaban J connectivity index is 2.88. The van der Waals surface area contributed by atoms with Crippen LogP contribution in [0.15, 0.2) is 23.8 Å². The minimum atomic E-state index is -0.494. The molecule has 0 bridgehead atoms. The molecule has 1 amide bonds. The fourth-order valence-electron chi connectivity index (χ4n) is 1.91. The third kappa shape index (κ3) is 6.83. The van der Waals surface area contributed by atoms with Gasteiger partial charge in [-0.15, -0.1) is 0 Å². The smallest absolute Gasteiger partial charge is 0.344 e. The lowest BCUT2D eigenvalue weighted by Crippen LogP contribution is -2.27. The number of nitrogens with one attached hydrogen (secondary N) is 1. The van der Waals surface area contributed by atoms with Crippen LogP contribution in [-0.2, 0) is 19.1 Å². The number of hydrogen-bond acceptors (Lipinski definition) is 7. The minimum absolute atomic E-state index is 0.0525. The summed E-state index contributed by atoms with van der Waals surface area (Å²) in [6, 6.07) is 6.68. The van der Waals surface area contributed by atoms with Crippen LogP contribution in [0.2, 0.25) is 0 Å². The molecule has 1 rings (SSSR count). The van der Waals surface area contributed by atoms with Crippen LogP contribution in [-0.4, -0.2) is 52.5 Å². The molecule has 8 heteroatoms. The van der Waals surface area contributed by atoms with Crippen LogP contribution in [0.25, 0.3) is 6.08 Å². The highest BCUT2D eigenvalue weighted by molar-refractivity contribution is 6.01. The van der Waals surface area contributed by atoms with Gasteiger partial charge in [-0.1, -0.05) is 6.07 Å². The van der Waals surface area contributed by atoms with E-state index in [1.807, 2.05) is 6.07 Å². The fourth-order valence-corrected chi connectivity index (χ4v) is 1.91. The van der Waals surface area contributed by atoms with Crippen molar-refractivity contribution < 1.29 is 28.5 Å². The van der Waals surface area contributed by atoms with Crippen molar-refractivity contribution >= 4 is 18.0 Å². The number of esters is 1. The first-order valence-corrected chi connectivity index (χ1v) is 7.91. The van der Waals surface area contributed by atoms with Crippen molar-refractivity contribution in [2.75, 3.05) is 40.6 Å². The highest BCUT2D eigenvalue weighted by Gasteiger charge is 2.11. The van der Waals surface area contributed by atoms with Gasteiger partial charge in [-0.05, 0) is 30.7 Å². The Morgan fingerprint density at radius 3 is 2.65 bits per heavy atom. The molecule has 1 aromatic carbocycles. The van der Waals surface area contributed by atoms with E-state index in [1.54, 1.807) is 25.1 Å². The zero-order valence-corrected chi connectivity index (χ0v) is 15.0.